The highest BCUT2D eigenvalue weighted by Gasteiger charge is 2.41. The van der Waals surface area contributed by atoms with Crippen molar-refractivity contribution in [3.8, 4) is 0 Å². The molecule has 0 aliphatic heterocycles. The Kier molecular flexibility index (Phi) is 2.55. The Labute approximate surface area is 101 Å². The third-order valence-electron chi connectivity index (χ3n) is 3.61. The molecule has 1 N–H and O–H groups in total. The molecule has 2 saturated carbocycles. The van der Waals surface area contributed by atoms with Gasteiger partial charge in [0.2, 0.25) is 0 Å². The maximum atomic E-state index is 5.93. The number of hydrogen-bond acceptors (Lipinski definition) is 2. The molecule has 0 radical (unpaired) electrons. The van der Waals surface area contributed by atoms with Crippen LogP contribution in [0.15, 0.2) is 12.3 Å². The third kappa shape index (κ3) is 2.17. The molecule has 0 atom stereocenters. The van der Waals surface area contributed by atoms with E-state index in [1.54, 1.807) is 0 Å². The first kappa shape index (κ1) is 10.4. The minimum Gasteiger partial charge on any atom is -0.381 e. The maximum absolute atomic E-state index is 5.93. The number of anilines is 1. The number of halogens is 1. The standard InChI is InChI=1S/C13H17ClN2/c1-8-6-11(7-15-13(8)14)16-12(9-2-3-9)10-4-5-10/h6-7,9-10,12,16H,2-5H2,1H3. The van der Waals surface area contributed by atoms with E-state index in [0.29, 0.717) is 11.2 Å². The first-order chi connectivity index (χ1) is 7.74. The summed E-state index contributed by atoms with van der Waals surface area (Å²) in [4.78, 5) is 4.19. The summed E-state index contributed by atoms with van der Waals surface area (Å²) in [5.41, 5.74) is 2.18. The van der Waals surface area contributed by atoms with Gasteiger partial charge in [-0.25, -0.2) is 4.98 Å². The molecule has 3 rings (SSSR count). The highest BCUT2D eigenvalue weighted by atomic mass is 35.5. The normalized spacial score (nSPS) is 20.2. The first-order valence-corrected chi connectivity index (χ1v) is 6.50. The molecule has 86 valence electrons. The molecule has 0 aromatic carbocycles. The summed E-state index contributed by atoms with van der Waals surface area (Å²) in [6.45, 7) is 2.00. The van der Waals surface area contributed by atoms with Crippen LogP contribution < -0.4 is 5.32 Å². The van der Waals surface area contributed by atoms with E-state index in [9.17, 15) is 0 Å². The molecule has 0 amide bonds. The summed E-state index contributed by atoms with van der Waals surface area (Å²) >= 11 is 5.93. The van der Waals surface area contributed by atoms with Crippen LogP contribution in [0.5, 0.6) is 0 Å². The number of aromatic nitrogens is 1. The van der Waals surface area contributed by atoms with E-state index >= 15 is 0 Å². The lowest BCUT2D eigenvalue weighted by atomic mass is 10.1. The van der Waals surface area contributed by atoms with Crippen LogP contribution in [-0.2, 0) is 0 Å². The van der Waals surface area contributed by atoms with Gasteiger partial charge in [-0.2, -0.15) is 0 Å². The minimum absolute atomic E-state index is 0.611. The number of nitrogens with zero attached hydrogens (tertiary/aromatic N) is 1. The van der Waals surface area contributed by atoms with Gasteiger partial charge >= 0.3 is 0 Å². The fraction of sp³-hybridized carbons (Fsp3) is 0.615. The summed E-state index contributed by atoms with van der Waals surface area (Å²) in [6.07, 6.45) is 7.44. The highest BCUT2D eigenvalue weighted by Crippen LogP contribution is 2.45. The van der Waals surface area contributed by atoms with Gasteiger partial charge < -0.3 is 5.32 Å². The summed E-state index contributed by atoms with van der Waals surface area (Å²) in [5.74, 6) is 1.81. The Morgan fingerprint density at radius 3 is 2.44 bits per heavy atom. The quantitative estimate of drug-likeness (QED) is 0.808. The molecule has 16 heavy (non-hydrogen) atoms. The van der Waals surface area contributed by atoms with Gasteiger partial charge in [0.15, 0.2) is 0 Å². The van der Waals surface area contributed by atoms with Crippen LogP contribution in [0.3, 0.4) is 0 Å². The molecule has 0 saturated heterocycles. The highest BCUT2D eigenvalue weighted by molar-refractivity contribution is 6.30. The average Bonchev–Trinajstić information content (AvgIpc) is 3.14. The molecule has 1 heterocycles. The number of aryl methyl sites for hydroxylation is 1. The zero-order valence-corrected chi connectivity index (χ0v) is 10.3. The molecule has 0 spiro atoms. The van der Waals surface area contributed by atoms with Crippen LogP contribution in [0.2, 0.25) is 5.15 Å². The van der Waals surface area contributed by atoms with Crippen molar-refractivity contribution >= 4 is 17.3 Å². The van der Waals surface area contributed by atoms with Gasteiger partial charge in [0.25, 0.3) is 0 Å². The first-order valence-electron chi connectivity index (χ1n) is 6.13. The fourth-order valence-corrected chi connectivity index (χ4v) is 2.46. The van der Waals surface area contributed by atoms with E-state index in [2.05, 4.69) is 16.4 Å². The van der Waals surface area contributed by atoms with Crippen LogP contribution in [-0.4, -0.2) is 11.0 Å². The van der Waals surface area contributed by atoms with Gasteiger partial charge in [-0.3, -0.25) is 0 Å². The predicted molar refractivity (Wildman–Crippen MR) is 66.8 cm³/mol. The Morgan fingerprint density at radius 1 is 1.31 bits per heavy atom. The monoisotopic (exact) mass is 236 g/mol. The van der Waals surface area contributed by atoms with Gasteiger partial charge in [0.05, 0.1) is 11.9 Å². The van der Waals surface area contributed by atoms with Crippen molar-refractivity contribution in [1.29, 1.82) is 0 Å². The van der Waals surface area contributed by atoms with Gasteiger partial charge in [0, 0.05) is 6.04 Å². The van der Waals surface area contributed by atoms with Crippen molar-refractivity contribution in [3.05, 3.63) is 23.0 Å². The SMILES string of the molecule is Cc1cc(NC(C2CC2)C2CC2)cnc1Cl. The Hall–Kier alpha value is -0.760. The van der Waals surface area contributed by atoms with Gasteiger partial charge in [-0.15, -0.1) is 0 Å². The van der Waals surface area contributed by atoms with Crippen LogP contribution in [0.1, 0.15) is 31.2 Å². The summed E-state index contributed by atoms with van der Waals surface area (Å²) < 4.78 is 0. The second-order valence-electron chi connectivity index (χ2n) is 5.18. The molecule has 2 fully saturated rings. The lowest BCUT2D eigenvalue weighted by Crippen LogP contribution is -2.24. The van der Waals surface area contributed by atoms with Crippen LogP contribution in [0, 0.1) is 18.8 Å². The van der Waals surface area contributed by atoms with Crippen molar-refractivity contribution < 1.29 is 0 Å². The third-order valence-corrected chi connectivity index (χ3v) is 4.00. The predicted octanol–water partition coefficient (Wildman–Crippen LogP) is 3.64. The topological polar surface area (TPSA) is 24.9 Å². The fourth-order valence-electron chi connectivity index (χ4n) is 2.36. The maximum Gasteiger partial charge on any atom is 0.132 e. The lowest BCUT2D eigenvalue weighted by molar-refractivity contribution is 0.567. The van der Waals surface area contributed by atoms with Crippen molar-refractivity contribution in [1.82, 2.24) is 4.98 Å². The molecule has 2 aliphatic carbocycles. The van der Waals surface area contributed by atoms with E-state index in [0.717, 1.165) is 23.1 Å². The minimum atomic E-state index is 0.611. The van der Waals surface area contributed by atoms with Crippen molar-refractivity contribution in [2.45, 2.75) is 38.6 Å². The molecule has 2 aliphatic rings. The van der Waals surface area contributed by atoms with E-state index in [1.165, 1.54) is 25.7 Å². The second-order valence-corrected chi connectivity index (χ2v) is 5.53. The lowest BCUT2D eigenvalue weighted by Gasteiger charge is -2.19. The molecule has 0 unspecified atom stereocenters. The molecular weight excluding hydrogens is 220 g/mol. The van der Waals surface area contributed by atoms with Crippen molar-refractivity contribution in [2.24, 2.45) is 11.8 Å². The van der Waals surface area contributed by atoms with Crippen molar-refractivity contribution in [2.75, 3.05) is 5.32 Å². The Bertz CT molecular complexity index is 385. The van der Waals surface area contributed by atoms with Crippen LogP contribution in [0.4, 0.5) is 5.69 Å². The van der Waals surface area contributed by atoms with Gasteiger partial charge in [-0.1, -0.05) is 11.6 Å². The smallest absolute Gasteiger partial charge is 0.132 e. The average molecular weight is 237 g/mol. The molecule has 3 heteroatoms. The Morgan fingerprint density at radius 2 is 1.94 bits per heavy atom. The zero-order valence-electron chi connectivity index (χ0n) is 9.54. The summed E-state index contributed by atoms with van der Waals surface area (Å²) in [6, 6.07) is 2.79. The number of rotatable bonds is 4. The van der Waals surface area contributed by atoms with Gasteiger partial charge in [0.1, 0.15) is 5.15 Å². The number of nitrogens with one attached hydrogen (secondary N) is 1. The van der Waals surface area contributed by atoms with E-state index in [1.807, 2.05) is 13.1 Å². The zero-order chi connectivity index (χ0) is 11.1. The van der Waals surface area contributed by atoms with Crippen molar-refractivity contribution in [3.63, 3.8) is 0 Å². The van der Waals surface area contributed by atoms with E-state index in [-0.39, 0.29) is 0 Å². The van der Waals surface area contributed by atoms with Crippen LogP contribution in [0.25, 0.3) is 0 Å². The summed E-state index contributed by atoms with van der Waals surface area (Å²) in [7, 11) is 0. The Balaban J connectivity index is 1.73. The number of pyridine rings is 1. The molecule has 0 bridgehead atoms. The van der Waals surface area contributed by atoms with Crippen LogP contribution >= 0.6 is 11.6 Å². The summed E-state index contributed by atoms with van der Waals surface area (Å²) in [5, 5.41) is 4.26. The molecule has 1 aromatic heterocycles. The van der Waals surface area contributed by atoms with E-state index in [4.69, 9.17) is 11.6 Å². The molecule has 1 aromatic rings. The largest absolute Gasteiger partial charge is 0.381 e. The number of hydrogen-bond donors (Lipinski definition) is 1. The second kappa shape index (κ2) is 3.92. The molecular formula is C13H17ClN2. The molecule has 2 nitrogen and oxygen atoms in total. The van der Waals surface area contributed by atoms with E-state index < -0.39 is 0 Å². The van der Waals surface area contributed by atoms with Gasteiger partial charge in [-0.05, 0) is 56.1 Å².